The zero-order chi connectivity index (χ0) is 6.41. The lowest BCUT2D eigenvalue weighted by Crippen LogP contribution is -2.10. The fourth-order valence-corrected chi connectivity index (χ4v) is 0.687. The second kappa shape index (κ2) is 5.17. The summed E-state index contributed by atoms with van der Waals surface area (Å²) in [4.78, 5) is 0. The molecule has 0 spiro atoms. The summed E-state index contributed by atoms with van der Waals surface area (Å²) in [7, 11) is 2.00. The minimum atomic E-state index is 0.864. The minimum absolute atomic E-state index is 0.864. The predicted octanol–water partition coefficient (Wildman–Crippen LogP) is 0.560. The number of rotatable bonds is 4. The first-order valence-corrected chi connectivity index (χ1v) is 3.42. The lowest BCUT2D eigenvalue weighted by Gasteiger charge is -2.01. The number of nitrogens with one attached hydrogen (secondary N) is 1. The van der Waals surface area contributed by atoms with Crippen LogP contribution in [0.25, 0.3) is 0 Å². The lowest BCUT2D eigenvalue weighted by atomic mass is 10.1. The highest BCUT2D eigenvalue weighted by Crippen LogP contribution is 2.00. The zero-order valence-electron chi connectivity index (χ0n) is 6.20. The maximum Gasteiger partial charge on any atom is 0.181 e. The van der Waals surface area contributed by atoms with Gasteiger partial charge in [0.1, 0.15) is 0 Å². The zero-order valence-corrected chi connectivity index (χ0v) is 6.20. The van der Waals surface area contributed by atoms with E-state index in [1.54, 1.807) is 0 Å². The Kier molecular flexibility index (Phi) is 5.18. The van der Waals surface area contributed by atoms with Crippen LogP contribution in [0.2, 0.25) is 0 Å². The summed E-state index contributed by atoms with van der Waals surface area (Å²) < 4.78 is 0. The number of hydrogen-bond acceptors (Lipinski definition) is 1. The Morgan fingerprint density at radius 2 is 2.12 bits per heavy atom. The molecule has 1 N–H and O–H groups in total. The van der Waals surface area contributed by atoms with Crippen molar-refractivity contribution in [3.63, 3.8) is 0 Å². The van der Waals surface area contributed by atoms with Gasteiger partial charge in [0.15, 0.2) is 7.98 Å². The van der Waals surface area contributed by atoms with Gasteiger partial charge in [0.2, 0.25) is 0 Å². The van der Waals surface area contributed by atoms with E-state index in [0.29, 0.717) is 0 Å². The minimum Gasteiger partial charge on any atom is -0.362 e. The Morgan fingerprint density at radius 3 is 2.50 bits per heavy atom. The van der Waals surface area contributed by atoms with Gasteiger partial charge in [-0.3, -0.25) is 0 Å². The Hall–Kier alpha value is 0.0249. The molecule has 0 fully saturated rings. The van der Waals surface area contributed by atoms with Crippen molar-refractivity contribution >= 4 is 7.98 Å². The fraction of sp³-hybridized carbons (Fsp3) is 1.00. The summed E-state index contributed by atoms with van der Waals surface area (Å²) in [5.74, 6) is 0.864. The van der Waals surface area contributed by atoms with Crippen molar-refractivity contribution in [1.82, 2.24) is 5.23 Å². The van der Waals surface area contributed by atoms with Crippen molar-refractivity contribution in [2.24, 2.45) is 5.92 Å². The van der Waals surface area contributed by atoms with Gasteiger partial charge in [-0.15, -0.1) is 0 Å². The third-order valence-corrected chi connectivity index (χ3v) is 1.21. The maximum absolute atomic E-state index is 3.12. The van der Waals surface area contributed by atoms with Gasteiger partial charge >= 0.3 is 0 Å². The third kappa shape index (κ3) is 6.02. The van der Waals surface area contributed by atoms with E-state index in [-0.39, 0.29) is 0 Å². The highest BCUT2D eigenvalue weighted by atomic mass is 14.7. The third-order valence-electron chi connectivity index (χ3n) is 1.21. The van der Waals surface area contributed by atoms with E-state index in [9.17, 15) is 0 Å². The van der Waals surface area contributed by atoms with Crippen LogP contribution >= 0.6 is 0 Å². The molecule has 0 aromatic rings. The summed E-state index contributed by atoms with van der Waals surface area (Å²) in [6, 6.07) is 0. The standard InChI is InChI=1S/C6H16BN/c1-6(2)4-3-5-8-7/h6,8H,3-5,7H2,1-2H3. The van der Waals surface area contributed by atoms with E-state index in [1.807, 2.05) is 7.98 Å². The van der Waals surface area contributed by atoms with Gasteiger partial charge in [-0.1, -0.05) is 13.8 Å². The topological polar surface area (TPSA) is 12.0 Å². The average molecular weight is 113 g/mol. The smallest absolute Gasteiger partial charge is 0.181 e. The molecule has 0 aliphatic carbocycles. The van der Waals surface area contributed by atoms with Crippen LogP contribution in [0.1, 0.15) is 26.7 Å². The Bertz CT molecular complexity index is 45.8. The molecule has 0 saturated heterocycles. The maximum atomic E-state index is 3.12. The van der Waals surface area contributed by atoms with E-state index >= 15 is 0 Å². The molecule has 0 amide bonds. The monoisotopic (exact) mass is 113 g/mol. The largest absolute Gasteiger partial charge is 0.362 e. The molecule has 8 heavy (non-hydrogen) atoms. The highest BCUT2D eigenvalue weighted by Gasteiger charge is 1.90. The lowest BCUT2D eigenvalue weighted by molar-refractivity contribution is 0.554. The van der Waals surface area contributed by atoms with E-state index in [0.717, 1.165) is 12.5 Å². The van der Waals surface area contributed by atoms with Crippen LogP contribution in [0.15, 0.2) is 0 Å². The molecule has 0 radical (unpaired) electrons. The summed E-state index contributed by atoms with van der Waals surface area (Å²) in [6.07, 6.45) is 2.66. The van der Waals surface area contributed by atoms with E-state index < -0.39 is 0 Å². The molecular weight excluding hydrogens is 96.9 g/mol. The summed E-state index contributed by atoms with van der Waals surface area (Å²) in [5.41, 5.74) is 0. The molecule has 0 aliphatic heterocycles. The summed E-state index contributed by atoms with van der Waals surface area (Å²) in [5, 5.41) is 3.12. The van der Waals surface area contributed by atoms with Crippen LogP contribution in [0.5, 0.6) is 0 Å². The van der Waals surface area contributed by atoms with Crippen molar-refractivity contribution in [2.45, 2.75) is 26.7 Å². The van der Waals surface area contributed by atoms with E-state index in [2.05, 4.69) is 19.1 Å². The molecule has 0 unspecified atom stereocenters. The van der Waals surface area contributed by atoms with Gasteiger partial charge in [-0.05, 0) is 25.3 Å². The van der Waals surface area contributed by atoms with Crippen molar-refractivity contribution < 1.29 is 0 Å². The first kappa shape index (κ1) is 8.02. The van der Waals surface area contributed by atoms with E-state index in [1.165, 1.54) is 12.8 Å². The van der Waals surface area contributed by atoms with Crippen molar-refractivity contribution in [3.8, 4) is 0 Å². The average Bonchev–Trinajstić information content (AvgIpc) is 1.66. The molecule has 0 heterocycles. The molecule has 0 rings (SSSR count). The Balaban J connectivity index is 2.72. The highest BCUT2D eigenvalue weighted by molar-refractivity contribution is 6.04. The SMILES string of the molecule is BNCCCC(C)C. The van der Waals surface area contributed by atoms with Crippen LogP contribution < -0.4 is 5.23 Å². The van der Waals surface area contributed by atoms with Crippen LogP contribution in [0.3, 0.4) is 0 Å². The summed E-state index contributed by atoms with van der Waals surface area (Å²) in [6.45, 7) is 5.68. The Morgan fingerprint density at radius 1 is 1.50 bits per heavy atom. The molecule has 0 saturated carbocycles. The molecule has 0 aliphatic rings. The van der Waals surface area contributed by atoms with Gasteiger partial charge in [0.25, 0.3) is 0 Å². The summed E-state index contributed by atoms with van der Waals surface area (Å²) >= 11 is 0. The van der Waals surface area contributed by atoms with Crippen molar-refractivity contribution in [1.29, 1.82) is 0 Å². The quantitative estimate of drug-likeness (QED) is 0.415. The van der Waals surface area contributed by atoms with Gasteiger partial charge < -0.3 is 5.23 Å². The van der Waals surface area contributed by atoms with Crippen LogP contribution in [-0.2, 0) is 0 Å². The fourth-order valence-electron chi connectivity index (χ4n) is 0.687. The molecule has 0 aromatic carbocycles. The van der Waals surface area contributed by atoms with Gasteiger partial charge in [-0.2, -0.15) is 0 Å². The van der Waals surface area contributed by atoms with E-state index in [4.69, 9.17) is 0 Å². The van der Waals surface area contributed by atoms with Crippen LogP contribution in [0, 0.1) is 5.92 Å². The van der Waals surface area contributed by atoms with Crippen molar-refractivity contribution in [2.75, 3.05) is 6.54 Å². The van der Waals surface area contributed by atoms with Gasteiger partial charge in [0.05, 0.1) is 0 Å². The number of hydrogen-bond donors (Lipinski definition) is 1. The Labute approximate surface area is 53.3 Å². The van der Waals surface area contributed by atoms with Crippen molar-refractivity contribution in [3.05, 3.63) is 0 Å². The second-order valence-corrected chi connectivity index (χ2v) is 2.64. The molecule has 48 valence electrons. The predicted molar refractivity (Wildman–Crippen MR) is 40.6 cm³/mol. The van der Waals surface area contributed by atoms with Gasteiger partial charge in [-0.25, -0.2) is 0 Å². The molecular formula is C6H16BN. The molecule has 0 aromatic heterocycles. The molecule has 0 bridgehead atoms. The van der Waals surface area contributed by atoms with Crippen LogP contribution in [-0.4, -0.2) is 14.5 Å². The second-order valence-electron chi connectivity index (χ2n) is 2.64. The first-order chi connectivity index (χ1) is 3.77. The first-order valence-electron chi connectivity index (χ1n) is 3.42. The molecule has 0 atom stereocenters. The molecule has 1 nitrogen and oxygen atoms in total. The van der Waals surface area contributed by atoms with Gasteiger partial charge in [0, 0.05) is 0 Å². The molecule has 2 heteroatoms. The van der Waals surface area contributed by atoms with Crippen LogP contribution in [0.4, 0.5) is 0 Å². The normalized spacial score (nSPS) is 10.4.